The highest BCUT2D eigenvalue weighted by Crippen LogP contribution is 2.35. The predicted octanol–water partition coefficient (Wildman–Crippen LogP) is 2.11. The van der Waals surface area contributed by atoms with Crippen molar-refractivity contribution >= 4 is 5.91 Å². The smallest absolute Gasteiger partial charge is 0.289 e. The van der Waals surface area contributed by atoms with Crippen molar-refractivity contribution in [3.8, 4) is 5.95 Å². The first-order chi connectivity index (χ1) is 12.2. The molecule has 1 aromatic carbocycles. The highest BCUT2D eigenvalue weighted by Gasteiger charge is 2.42. The Bertz CT molecular complexity index is 778. The van der Waals surface area contributed by atoms with Gasteiger partial charge in [0.15, 0.2) is 5.76 Å². The average Bonchev–Trinajstić information content (AvgIpc) is 3.28. The van der Waals surface area contributed by atoms with E-state index in [0.717, 1.165) is 6.42 Å². The number of carbonyl (C=O) groups excluding carboxylic acids is 1. The monoisotopic (exact) mass is 345 g/mol. The first-order valence-electron chi connectivity index (χ1n) is 8.36. The van der Waals surface area contributed by atoms with Crippen molar-refractivity contribution in [2.75, 3.05) is 20.2 Å². The first kappa shape index (κ1) is 16.1. The summed E-state index contributed by atoms with van der Waals surface area (Å²) in [6.07, 6.45) is 0.798. The summed E-state index contributed by atoms with van der Waals surface area (Å²) in [7, 11) is 1.49. The Morgan fingerprint density at radius 3 is 2.88 bits per heavy atom. The third kappa shape index (κ3) is 2.89. The van der Waals surface area contributed by atoms with Crippen LogP contribution >= 0.6 is 0 Å². The number of benzene rings is 1. The second-order valence-corrected chi connectivity index (χ2v) is 6.42. The quantitative estimate of drug-likeness (QED) is 0.892. The van der Waals surface area contributed by atoms with E-state index in [4.69, 9.17) is 9.15 Å². The Morgan fingerprint density at radius 1 is 1.28 bits per heavy atom. The lowest BCUT2D eigenvalue weighted by Crippen LogP contribution is -2.47. The standard InChI is InChI=1S/C18H20FN3O3/c1-24-16-7-6-15(25-16)18(23)22-9-8-14-12(10-22)17(21-20-14)11-4-2-3-5-13(11)19/h2-7,12,14,17,20-21H,8-10H2,1H3. The van der Waals surface area contributed by atoms with Crippen LogP contribution in [-0.4, -0.2) is 37.0 Å². The van der Waals surface area contributed by atoms with Crippen molar-refractivity contribution in [2.45, 2.75) is 18.5 Å². The van der Waals surface area contributed by atoms with Gasteiger partial charge in [-0.2, -0.15) is 0 Å². The van der Waals surface area contributed by atoms with Gasteiger partial charge in [-0.25, -0.2) is 9.82 Å². The van der Waals surface area contributed by atoms with Crippen LogP contribution in [0, 0.1) is 11.7 Å². The van der Waals surface area contributed by atoms with Crippen LogP contribution < -0.4 is 15.6 Å². The zero-order valence-corrected chi connectivity index (χ0v) is 13.9. The van der Waals surface area contributed by atoms with Crippen molar-refractivity contribution in [1.82, 2.24) is 15.8 Å². The summed E-state index contributed by atoms with van der Waals surface area (Å²) in [6, 6.07) is 10.0. The lowest BCUT2D eigenvalue weighted by molar-refractivity contribution is 0.0614. The molecule has 0 spiro atoms. The Kier molecular flexibility index (Phi) is 4.19. The lowest BCUT2D eigenvalue weighted by Gasteiger charge is -2.35. The van der Waals surface area contributed by atoms with Gasteiger partial charge in [-0.05, 0) is 18.6 Å². The van der Waals surface area contributed by atoms with Crippen molar-refractivity contribution in [3.63, 3.8) is 0 Å². The van der Waals surface area contributed by atoms with E-state index in [1.807, 2.05) is 6.07 Å². The Balaban J connectivity index is 1.53. The van der Waals surface area contributed by atoms with Crippen LogP contribution in [0.15, 0.2) is 40.8 Å². The third-order valence-electron chi connectivity index (χ3n) is 5.03. The van der Waals surface area contributed by atoms with Gasteiger partial charge < -0.3 is 14.1 Å². The van der Waals surface area contributed by atoms with E-state index in [1.54, 1.807) is 29.2 Å². The molecule has 1 amide bonds. The molecule has 2 saturated heterocycles. The number of likely N-dealkylation sites (tertiary alicyclic amines) is 1. The number of piperidine rings is 1. The van der Waals surface area contributed by atoms with Gasteiger partial charge in [-0.3, -0.25) is 10.2 Å². The summed E-state index contributed by atoms with van der Waals surface area (Å²) in [6.45, 7) is 1.16. The molecule has 1 aromatic heterocycles. The Morgan fingerprint density at radius 2 is 2.12 bits per heavy atom. The molecule has 0 radical (unpaired) electrons. The van der Waals surface area contributed by atoms with E-state index >= 15 is 0 Å². The van der Waals surface area contributed by atoms with Gasteiger partial charge in [0.2, 0.25) is 0 Å². The van der Waals surface area contributed by atoms with Gasteiger partial charge in [0.05, 0.1) is 13.2 Å². The molecule has 2 aliphatic heterocycles. The normalized spacial score (nSPS) is 25.7. The highest BCUT2D eigenvalue weighted by molar-refractivity contribution is 5.91. The minimum absolute atomic E-state index is 0.0893. The maximum absolute atomic E-state index is 14.2. The molecule has 7 heteroatoms. The minimum Gasteiger partial charge on any atom is -0.468 e. The van der Waals surface area contributed by atoms with Crippen molar-refractivity contribution in [1.29, 1.82) is 0 Å². The number of methoxy groups -OCH3 is 1. The topological polar surface area (TPSA) is 66.7 Å². The summed E-state index contributed by atoms with van der Waals surface area (Å²) < 4.78 is 24.6. The third-order valence-corrected chi connectivity index (χ3v) is 5.03. The molecule has 2 fully saturated rings. The molecule has 4 rings (SSSR count). The zero-order chi connectivity index (χ0) is 17.4. The van der Waals surface area contributed by atoms with E-state index in [-0.39, 0.29) is 35.5 Å². The van der Waals surface area contributed by atoms with Crippen LogP contribution in [0.25, 0.3) is 0 Å². The molecule has 2 aromatic rings. The molecule has 2 N–H and O–H groups in total. The number of carbonyl (C=O) groups is 1. The molecule has 2 aliphatic rings. The fraction of sp³-hybridized carbons (Fsp3) is 0.389. The summed E-state index contributed by atoms with van der Waals surface area (Å²) in [5.41, 5.74) is 7.07. The fourth-order valence-electron chi connectivity index (χ4n) is 3.72. The van der Waals surface area contributed by atoms with E-state index < -0.39 is 0 Å². The molecule has 0 aliphatic carbocycles. The molecule has 3 heterocycles. The molecule has 0 bridgehead atoms. The molecule has 3 unspecified atom stereocenters. The second kappa shape index (κ2) is 6.50. The minimum atomic E-state index is -0.235. The van der Waals surface area contributed by atoms with E-state index in [0.29, 0.717) is 24.6 Å². The maximum Gasteiger partial charge on any atom is 0.289 e. The number of nitrogens with one attached hydrogen (secondary N) is 2. The van der Waals surface area contributed by atoms with Crippen LogP contribution in [0.2, 0.25) is 0 Å². The van der Waals surface area contributed by atoms with Gasteiger partial charge in [0.1, 0.15) is 5.82 Å². The Labute approximate surface area is 144 Å². The van der Waals surface area contributed by atoms with Crippen molar-refractivity contribution in [2.24, 2.45) is 5.92 Å². The fourth-order valence-corrected chi connectivity index (χ4v) is 3.72. The van der Waals surface area contributed by atoms with Crippen molar-refractivity contribution in [3.05, 3.63) is 53.5 Å². The number of amides is 1. The number of hydrazine groups is 1. The van der Waals surface area contributed by atoms with Crippen LogP contribution in [0.3, 0.4) is 0 Å². The summed E-state index contributed by atoms with van der Waals surface area (Å²) in [5, 5.41) is 0. The van der Waals surface area contributed by atoms with Gasteiger partial charge in [0.25, 0.3) is 11.9 Å². The number of hydrogen-bond donors (Lipinski definition) is 2. The van der Waals surface area contributed by atoms with Crippen LogP contribution in [0.4, 0.5) is 4.39 Å². The predicted molar refractivity (Wildman–Crippen MR) is 88.5 cm³/mol. The zero-order valence-electron chi connectivity index (χ0n) is 13.9. The molecule has 0 saturated carbocycles. The first-order valence-corrected chi connectivity index (χ1v) is 8.36. The van der Waals surface area contributed by atoms with Crippen LogP contribution in [0.1, 0.15) is 28.6 Å². The Hall–Kier alpha value is -2.38. The number of furan rings is 1. The van der Waals surface area contributed by atoms with Gasteiger partial charge in [0, 0.05) is 36.7 Å². The summed E-state index contributed by atoms with van der Waals surface area (Å²) >= 11 is 0. The number of fused-ring (bicyclic) bond motifs is 1. The van der Waals surface area contributed by atoms with E-state index in [9.17, 15) is 9.18 Å². The largest absolute Gasteiger partial charge is 0.468 e. The lowest BCUT2D eigenvalue weighted by atomic mass is 9.85. The van der Waals surface area contributed by atoms with Crippen molar-refractivity contribution < 1.29 is 18.3 Å². The molecular weight excluding hydrogens is 325 g/mol. The van der Waals surface area contributed by atoms with Gasteiger partial charge in [-0.15, -0.1) is 0 Å². The second-order valence-electron chi connectivity index (χ2n) is 6.42. The number of ether oxygens (including phenoxy) is 1. The molecule has 25 heavy (non-hydrogen) atoms. The molecule has 132 valence electrons. The van der Waals surface area contributed by atoms with E-state index in [2.05, 4.69) is 10.9 Å². The van der Waals surface area contributed by atoms with E-state index in [1.165, 1.54) is 13.2 Å². The molecular formula is C18H20FN3O3. The number of halogens is 1. The summed E-state index contributed by atoms with van der Waals surface area (Å²) in [4.78, 5) is 14.5. The maximum atomic E-state index is 14.2. The molecule has 3 atom stereocenters. The van der Waals surface area contributed by atoms with Gasteiger partial charge >= 0.3 is 0 Å². The SMILES string of the molecule is COc1ccc(C(=O)N2CCC3NNC(c4ccccc4F)C3C2)o1. The average molecular weight is 345 g/mol. The van der Waals surface area contributed by atoms with Crippen LogP contribution in [0.5, 0.6) is 5.95 Å². The summed E-state index contributed by atoms with van der Waals surface area (Å²) in [5.74, 6) is 0.261. The van der Waals surface area contributed by atoms with Crippen LogP contribution in [-0.2, 0) is 0 Å². The molecule has 6 nitrogen and oxygen atoms in total. The number of nitrogens with zero attached hydrogens (tertiary/aromatic N) is 1. The van der Waals surface area contributed by atoms with Gasteiger partial charge in [-0.1, -0.05) is 18.2 Å². The highest BCUT2D eigenvalue weighted by atomic mass is 19.1. The number of hydrogen-bond acceptors (Lipinski definition) is 5. The number of rotatable bonds is 3.